The molecule has 1 aromatic heterocycles. The van der Waals surface area contributed by atoms with Crippen molar-refractivity contribution in [3.05, 3.63) is 12.2 Å². The van der Waals surface area contributed by atoms with Crippen molar-refractivity contribution >= 4 is 0 Å². The van der Waals surface area contributed by atoms with Gasteiger partial charge in [-0.25, -0.2) is 9.67 Å². The van der Waals surface area contributed by atoms with Gasteiger partial charge in [-0.05, 0) is 32.2 Å². The monoisotopic (exact) mass is 238 g/mol. The summed E-state index contributed by atoms with van der Waals surface area (Å²) in [5.74, 6) is 1.05. The van der Waals surface area contributed by atoms with E-state index >= 15 is 0 Å². The first-order valence-electron chi connectivity index (χ1n) is 6.48. The first-order valence-corrected chi connectivity index (χ1v) is 6.48. The van der Waals surface area contributed by atoms with E-state index in [-0.39, 0.29) is 11.5 Å². The lowest BCUT2D eigenvalue weighted by atomic mass is 9.87. The molecule has 0 amide bonds. The van der Waals surface area contributed by atoms with Crippen molar-refractivity contribution in [2.45, 2.75) is 60.0 Å². The fourth-order valence-corrected chi connectivity index (χ4v) is 2.02. The van der Waals surface area contributed by atoms with Crippen LogP contribution in [-0.2, 0) is 0 Å². The zero-order valence-electron chi connectivity index (χ0n) is 12.0. The highest BCUT2D eigenvalue weighted by molar-refractivity contribution is 4.97. The first-order chi connectivity index (χ1) is 7.85. The van der Waals surface area contributed by atoms with Crippen molar-refractivity contribution in [2.24, 2.45) is 5.41 Å². The molecule has 1 rings (SSSR count). The largest absolute Gasteiger partial charge is 0.308 e. The molecule has 0 saturated carbocycles. The molecule has 1 atom stereocenters. The molecule has 4 nitrogen and oxygen atoms in total. The van der Waals surface area contributed by atoms with E-state index in [4.69, 9.17) is 0 Å². The topological polar surface area (TPSA) is 42.7 Å². The van der Waals surface area contributed by atoms with Gasteiger partial charge in [0.05, 0.1) is 6.04 Å². The van der Waals surface area contributed by atoms with Crippen molar-refractivity contribution in [3.8, 4) is 0 Å². The van der Waals surface area contributed by atoms with Crippen molar-refractivity contribution < 1.29 is 0 Å². The van der Waals surface area contributed by atoms with Crippen molar-refractivity contribution in [2.75, 3.05) is 6.54 Å². The molecule has 1 N–H and O–H groups in total. The van der Waals surface area contributed by atoms with Crippen molar-refractivity contribution in [1.29, 1.82) is 0 Å². The van der Waals surface area contributed by atoms with Crippen LogP contribution in [-0.4, -0.2) is 21.3 Å². The smallest absolute Gasteiger partial charge is 0.144 e. The van der Waals surface area contributed by atoms with Gasteiger partial charge in [-0.3, -0.25) is 0 Å². The maximum absolute atomic E-state index is 4.43. The van der Waals surface area contributed by atoms with E-state index in [1.807, 2.05) is 4.68 Å². The van der Waals surface area contributed by atoms with E-state index in [2.05, 4.69) is 56.9 Å². The molecule has 1 aromatic rings. The number of hydrogen-bond donors (Lipinski definition) is 1. The molecule has 0 radical (unpaired) electrons. The van der Waals surface area contributed by atoms with Gasteiger partial charge in [-0.15, -0.1) is 0 Å². The van der Waals surface area contributed by atoms with Gasteiger partial charge in [0, 0.05) is 6.04 Å². The highest BCUT2D eigenvalue weighted by Crippen LogP contribution is 2.29. The zero-order chi connectivity index (χ0) is 13.1. The molecule has 0 bridgehead atoms. The number of aromatic nitrogens is 3. The van der Waals surface area contributed by atoms with Crippen LogP contribution in [0.5, 0.6) is 0 Å². The molecule has 17 heavy (non-hydrogen) atoms. The van der Waals surface area contributed by atoms with Crippen LogP contribution in [0.25, 0.3) is 0 Å². The van der Waals surface area contributed by atoms with Crippen LogP contribution >= 0.6 is 0 Å². The molecule has 0 spiro atoms. The van der Waals surface area contributed by atoms with E-state index in [9.17, 15) is 0 Å². The Morgan fingerprint density at radius 3 is 2.47 bits per heavy atom. The summed E-state index contributed by atoms with van der Waals surface area (Å²) in [6, 6.07) is 0.638. The number of hydrogen-bond acceptors (Lipinski definition) is 3. The fraction of sp³-hybridized carbons (Fsp3) is 0.846. The Morgan fingerprint density at radius 1 is 1.35 bits per heavy atom. The second-order valence-corrected chi connectivity index (χ2v) is 6.03. The summed E-state index contributed by atoms with van der Waals surface area (Å²) >= 11 is 0. The predicted octanol–water partition coefficient (Wildman–Crippen LogP) is 2.95. The minimum atomic E-state index is 0.278. The summed E-state index contributed by atoms with van der Waals surface area (Å²) in [5, 5.41) is 7.83. The average Bonchev–Trinajstić information content (AvgIpc) is 2.62. The minimum absolute atomic E-state index is 0.278. The van der Waals surface area contributed by atoms with Gasteiger partial charge < -0.3 is 5.32 Å². The summed E-state index contributed by atoms with van der Waals surface area (Å²) in [7, 11) is 0. The Kier molecular flexibility index (Phi) is 4.69. The van der Waals surface area contributed by atoms with Gasteiger partial charge in [-0.1, -0.05) is 27.7 Å². The fourth-order valence-electron chi connectivity index (χ4n) is 2.02. The lowest BCUT2D eigenvalue weighted by Crippen LogP contribution is -2.29. The van der Waals surface area contributed by atoms with E-state index < -0.39 is 0 Å². The Morgan fingerprint density at radius 2 is 2.00 bits per heavy atom. The summed E-state index contributed by atoms with van der Waals surface area (Å²) < 4.78 is 2.01. The summed E-state index contributed by atoms with van der Waals surface area (Å²) in [5.41, 5.74) is 0.278. The van der Waals surface area contributed by atoms with Gasteiger partial charge >= 0.3 is 0 Å². The molecular weight excluding hydrogens is 212 g/mol. The molecule has 98 valence electrons. The Bertz CT molecular complexity index is 335. The van der Waals surface area contributed by atoms with Crippen LogP contribution in [0, 0.1) is 5.41 Å². The van der Waals surface area contributed by atoms with Gasteiger partial charge in [-0.2, -0.15) is 5.10 Å². The number of nitrogens with one attached hydrogen (secondary N) is 1. The second-order valence-electron chi connectivity index (χ2n) is 6.03. The first kappa shape index (κ1) is 14.2. The summed E-state index contributed by atoms with van der Waals surface area (Å²) in [6.45, 7) is 14.1. The molecule has 0 aliphatic rings. The van der Waals surface area contributed by atoms with Crippen LogP contribution < -0.4 is 5.32 Å². The van der Waals surface area contributed by atoms with E-state index in [1.54, 1.807) is 6.33 Å². The van der Waals surface area contributed by atoms with E-state index in [1.165, 1.54) is 0 Å². The maximum atomic E-state index is 4.43. The maximum Gasteiger partial charge on any atom is 0.144 e. The molecule has 0 fully saturated rings. The van der Waals surface area contributed by atoms with Crippen LogP contribution in [0.2, 0.25) is 0 Å². The zero-order valence-corrected chi connectivity index (χ0v) is 12.0. The van der Waals surface area contributed by atoms with E-state index in [0.717, 1.165) is 18.8 Å². The van der Waals surface area contributed by atoms with Crippen LogP contribution in [0.15, 0.2) is 6.33 Å². The van der Waals surface area contributed by atoms with Gasteiger partial charge in [0.2, 0.25) is 0 Å². The molecule has 0 saturated heterocycles. The highest BCUT2D eigenvalue weighted by Gasteiger charge is 2.24. The molecule has 4 heteroatoms. The van der Waals surface area contributed by atoms with Gasteiger partial charge in [0.1, 0.15) is 12.2 Å². The number of nitrogens with zero attached hydrogens (tertiary/aromatic N) is 3. The van der Waals surface area contributed by atoms with E-state index in [0.29, 0.717) is 6.04 Å². The normalized spacial score (nSPS) is 14.3. The lowest BCUT2D eigenvalue weighted by Gasteiger charge is -2.27. The molecular formula is C13H26N4. The van der Waals surface area contributed by atoms with Crippen molar-refractivity contribution in [1.82, 2.24) is 20.1 Å². The van der Waals surface area contributed by atoms with Gasteiger partial charge in [0.25, 0.3) is 0 Å². The molecule has 0 aliphatic carbocycles. The molecule has 0 aromatic carbocycles. The molecule has 1 heterocycles. The average molecular weight is 238 g/mol. The summed E-state index contributed by atoms with van der Waals surface area (Å²) in [4.78, 5) is 4.43. The second kappa shape index (κ2) is 5.63. The highest BCUT2D eigenvalue weighted by atomic mass is 15.4. The molecule has 1 unspecified atom stereocenters. The third-order valence-corrected chi connectivity index (χ3v) is 2.67. The Hall–Kier alpha value is -0.900. The Balaban J connectivity index is 2.93. The minimum Gasteiger partial charge on any atom is -0.308 e. The van der Waals surface area contributed by atoms with Gasteiger partial charge in [0.15, 0.2) is 0 Å². The number of rotatable bonds is 5. The predicted molar refractivity (Wildman–Crippen MR) is 70.9 cm³/mol. The Labute approximate surface area is 105 Å². The third kappa shape index (κ3) is 4.11. The van der Waals surface area contributed by atoms with Crippen LogP contribution in [0.1, 0.15) is 65.9 Å². The van der Waals surface area contributed by atoms with Crippen LogP contribution in [0.3, 0.4) is 0 Å². The quantitative estimate of drug-likeness (QED) is 0.857. The molecule has 0 aliphatic heterocycles. The van der Waals surface area contributed by atoms with Crippen molar-refractivity contribution in [3.63, 3.8) is 0 Å². The SMILES string of the molecule is CCNC(CC(C)(C)C)c1ncnn1C(C)C. The lowest BCUT2D eigenvalue weighted by molar-refractivity contribution is 0.296. The van der Waals surface area contributed by atoms with Crippen LogP contribution in [0.4, 0.5) is 0 Å². The third-order valence-electron chi connectivity index (χ3n) is 2.67. The summed E-state index contributed by atoms with van der Waals surface area (Å²) in [6.07, 6.45) is 2.72. The standard InChI is InChI=1S/C13H26N4/c1-7-14-11(8-13(4,5)6)12-15-9-16-17(12)10(2)3/h9-11,14H,7-8H2,1-6H3.